The van der Waals surface area contributed by atoms with Crippen molar-refractivity contribution in [1.29, 1.82) is 0 Å². The van der Waals surface area contributed by atoms with Crippen LogP contribution in [0.5, 0.6) is 0 Å². The number of nitrogens with zero attached hydrogens (tertiary/aromatic N) is 4. The maximum absolute atomic E-state index is 12.7. The van der Waals surface area contributed by atoms with E-state index in [1.54, 1.807) is 28.8 Å². The zero-order chi connectivity index (χ0) is 18.9. The molecule has 8 heteroatoms. The number of benzene rings is 2. The molecule has 2 heterocycles. The molecule has 0 aliphatic carbocycles. The van der Waals surface area contributed by atoms with Crippen LogP contribution in [0, 0.1) is 0 Å². The fourth-order valence-electron chi connectivity index (χ4n) is 2.86. The SMILES string of the molecule is CCc1ccccc1S(=O)(=O)Nc1ccc(-c2ccc3nncn3n2)cc1. The van der Waals surface area contributed by atoms with Crippen LogP contribution in [0.2, 0.25) is 0 Å². The van der Waals surface area contributed by atoms with E-state index in [1.807, 2.05) is 43.3 Å². The minimum Gasteiger partial charge on any atom is -0.280 e. The van der Waals surface area contributed by atoms with Gasteiger partial charge in [0.05, 0.1) is 10.6 Å². The van der Waals surface area contributed by atoms with Crippen LogP contribution in [0.25, 0.3) is 16.9 Å². The summed E-state index contributed by atoms with van der Waals surface area (Å²) in [6.45, 7) is 1.93. The fourth-order valence-corrected chi connectivity index (χ4v) is 4.23. The van der Waals surface area contributed by atoms with Gasteiger partial charge >= 0.3 is 0 Å². The molecule has 27 heavy (non-hydrogen) atoms. The summed E-state index contributed by atoms with van der Waals surface area (Å²) in [4.78, 5) is 0.302. The van der Waals surface area contributed by atoms with Crippen molar-refractivity contribution in [3.8, 4) is 11.3 Å². The van der Waals surface area contributed by atoms with E-state index in [2.05, 4.69) is 20.0 Å². The third-order valence-corrected chi connectivity index (χ3v) is 5.72. The highest BCUT2D eigenvalue weighted by atomic mass is 32.2. The number of hydrogen-bond donors (Lipinski definition) is 1. The molecule has 136 valence electrons. The van der Waals surface area contributed by atoms with Crippen LogP contribution < -0.4 is 4.72 Å². The van der Waals surface area contributed by atoms with Crippen molar-refractivity contribution in [2.24, 2.45) is 0 Å². The smallest absolute Gasteiger partial charge is 0.262 e. The summed E-state index contributed by atoms with van der Waals surface area (Å²) in [7, 11) is -3.64. The number of hydrogen-bond acceptors (Lipinski definition) is 5. The van der Waals surface area contributed by atoms with Gasteiger partial charge in [-0.1, -0.05) is 37.3 Å². The van der Waals surface area contributed by atoms with Crippen molar-refractivity contribution in [2.45, 2.75) is 18.2 Å². The summed E-state index contributed by atoms with van der Waals surface area (Å²) in [6, 6.07) is 17.8. The van der Waals surface area contributed by atoms with Gasteiger partial charge in [-0.05, 0) is 42.3 Å². The molecule has 0 saturated carbocycles. The molecule has 0 fully saturated rings. The third kappa shape index (κ3) is 3.39. The van der Waals surface area contributed by atoms with Crippen LogP contribution in [0.1, 0.15) is 12.5 Å². The quantitative estimate of drug-likeness (QED) is 0.575. The maximum atomic E-state index is 12.7. The topological polar surface area (TPSA) is 89.2 Å². The van der Waals surface area contributed by atoms with Crippen molar-refractivity contribution in [3.63, 3.8) is 0 Å². The van der Waals surface area contributed by atoms with Gasteiger partial charge in [-0.3, -0.25) is 4.72 Å². The van der Waals surface area contributed by atoms with E-state index in [0.717, 1.165) is 16.8 Å². The van der Waals surface area contributed by atoms with Crippen molar-refractivity contribution in [3.05, 3.63) is 72.6 Å². The Labute approximate surface area is 156 Å². The molecule has 2 aromatic carbocycles. The predicted octanol–water partition coefficient (Wildman–Crippen LogP) is 3.15. The second kappa shape index (κ2) is 6.81. The van der Waals surface area contributed by atoms with Gasteiger partial charge in [0.2, 0.25) is 0 Å². The molecule has 0 amide bonds. The number of sulfonamides is 1. The summed E-state index contributed by atoms with van der Waals surface area (Å²) >= 11 is 0. The van der Waals surface area contributed by atoms with E-state index >= 15 is 0 Å². The van der Waals surface area contributed by atoms with Gasteiger partial charge in [-0.2, -0.15) is 9.61 Å². The van der Waals surface area contributed by atoms with E-state index in [9.17, 15) is 8.42 Å². The predicted molar refractivity (Wildman–Crippen MR) is 103 cm³/mol. The molecule has 4 aromatic rings. The lowest BCUT2D eigenvalue weighted by Gasteiger charge is -2.11. The van der Waals surface area contributed by atoms with Crippen molar-refractivity contribution in [1.82, 2.24) is 19.8 Å². The van der Waals surface area contributed by atoms with Crippen LogP contribution in [-0.4, -0.2) is 28.2 Å². The highest BCUT2D eigenvalue weighted by molar-refractivity contribution is 7.92. The Balaban J connectivity index is 1.60. The van der Waals surface area contributed by atoms with E-state index < -0.39 is 10.0 Å². The second-order valence-electron chi connectivity index (χ2n) is 6.00. The summed E-state index contributed by atoms with van der Waals surface area (Å²) < 4.78 is 29.7. The molecule has 0 aliphatic heterocycles. The van der Waals surface area contributed by atoms with Gasteiger partial charge < -0.3 is 0 Å². The molecule has 1 N–H and O–H groups in total. The first-order valence-electron chi connectivity index (χ1n) is 8.45. The molecule has 0 bridgehead atoms. The Kier molecular flexibility index (Phi) is 4.33. The van der Waals surface area contributed by atoms with Gasteiger partial charge in [0.25, 0.3) is 10.0 Å². The normalized spacial score (nSPS) is 11.6. The monoisotopic (exact) mass is 379 g/mol. The highest BCUT2D eigenvalue weighted by Gasteiger charge is 2.17. The van der Waals surface area contributed by atoms with Crippen LogP contribution >= 0.6 is 0 Å². The molecule has 4 rings (SSSR count). The lowest BCUT2D eigenvalue weighted by atomic mass is 10.1. The van der Waals surface area contributed by atoms with E-state index in [4.69, 9.17) is 0 Å². The fraction of sp³-hybridized carbons (Fsp3) is 0.105. The first-order valence-corrected chi connectivity index (χ1v) is 9.93. The largest absolute Gasteiger partial charge is 0.280 e. The Morgan fingerprint density at radius 3 is 2.56 bits per heavy atom. The Hall–Kier alpha value is -3.26. The Bertz CT molecular complexity index is 1200. The summed E-state index contributed by atoms with van der Waals surface area (Å²) in [5.41, 5.74) is 3.55. The molecule has 0 aliphatic rings. The molecule has 0 atom stereocenters. The number of aryl methyl sites for hydroxylation is 1. The maximum Gasteiger partial charge on any atom is 0.262 e. The van der Waals surface area contributed by atoms with Crippen LogP contribution in [0.3, 0.4) is 0 Å². The second-order valence-corrected chi connectivity index (χ2v) is 7.65. The van der Waals surface area contributed by atoms with Crippen molar-refractivity contribution in [2.75, 3.05) is 4.72 Å². The number of fused-ring (bicyclic) bond motifs is 1. The molecule has 2 aromatic heterocycles. The third-order valence-electron chi connectivity index (χ3n) is 4.24. The van der Waals surface area contributed by atoms with E-state index in [-0.39, 0.29) is 0 Å². The number of anilines is 1. The summed E-state index contributed by atoms with van der Waals surface area (Å²) in [5.74, 6) is 0. The van der Waals surface area contributed by atoms with Gasteiger partial charge in [0.1, 0.15) is 6.33 Å². The highest BCUT2D eigenvalue weighted by Crippen LogP contribution is 2.23. The van der Waals surface area contributed by atoms with Crippen molar-refractivity contribution >= 4 is 21.4 Å². The number of rotatable bonds is 5. The number of nitrogens with one attached hydrogen (secondary N) is 1. The first-order chi connectivity index (χ1) is 13.1. The Morgan fingerprint density at radius 2 is 1.78 bits per heavy atom. The molecule has 0 saturated heterocycles. The zero-order valence-electron chi connectivity index (χ0n) is 14.6. The first kappa shape index (κ1) is 17.2. The molecule has 0 spiro atoms. The zero-order valence-corrected chi connectivity index (χ0v) is 15.4. The van der Waals surface area contributed by atoms with Crippen LogP contribution in [0.4, 0.5) is 5.69 Å². The molecular formula is C19H17N5O2S. The van der Waals surface area contributed by atoms with Crippen LogP contribution in [0.15, 0.2) is 71.9 Å². The lowest BCUT2D eigenvalue weighted by molar-refractivity contribution is 0.600. The van der Waals surface area contributed by atoms with E-state index in [0.29, 0.717) is 22.7 Å². The van der Waals surface area contributed by atoms with Gasteiger partial charge in [-0.25, -0.2) is 8.42 Å². The lowest BCUT2D eigenvalue weighted by Crippen LogP contribution is -2.14. The summed E-state index contributed by atoms with van der Waals surface area (Å²) in [5, 5.41) is 12.2. The summed E-state index contributed by atoms with van der Waals surface area (Å²) in [6.07, 6.45) is 2.18. The van der Waals surface area contributed by atoms with Crippen LogP contribution in [-0.2, 0) is 16.4 Å². The van der Waals surface area contributed by atoms with E-state index in [1.165, 1.54) is 6.33 Å². The van der Waals surface area contributed by atoms with Gasteiger partial charge in [0.15, 0.2) is 5.65 Å². The average Bonchev–Trinajstić information content (AvgIpc) is 3.16. The van der Waals surface area contributed by atoms with Gasteiger partial charge in [0, 0.05) is 11.3 Å². The Morgan fingerprint density at radius 1 is 1.00 bits per heavy atom. The molecule has 0 radical (unpaired) electrons. The minimum absolute atomic E-state index is 0.302. The van der Waals surface area contributed by atoms with Crippen molar-refractivity contribution < 1.29 is 8.42 Å². The average molecular weight is 379 g/mol. The standard InChI is InChI=1S/C19H17N5O2S/c1-2-14-5-3-4-6-18(14)27(25,26)23-16-9-7-15(8-10-16)17-11-12-19-21-20-13-24(19)22-17/h3-13,23H,2H2,1H3. The minimum atomic E-state index is -3.64. The van der Waals surface area contributed by atoms with Gasteiger partial charge in [-0.15, -0.1) is 10.2 Å². The molecule has 0 unspecified atom stereocenters. The number of aromatic nitrogens is 4. The molecule has 7 nitrogen and oxygen atoms in total. The molecular weight excluding hydrogens is 362 g/mol.